The predicted octanol–water partition coefficient (Wildman–Crippen LogP) is 3.12. The zero-order valence-electron chi connectivity index (χ0n) is 17.0. The molecule has 0 atom stereocenters. The molecule has 1 saturated heterocycles. The van der Waals surface area contributed by atoms with E-state index in [1.165, 1.54) is 23.5 Å². The highest BCUT2D eigenvalue weighted by molar-refractivity contribution is 7.92. The highest BCUT2D eigenvalue weighted by Gasteiger charge is 2.23. The maximum absolute atomic E-state index is 12.8. The average molecular weight is 416 g/mol. The van der Waals surface area contributed by atoms with E-state index in [1.807, 2.05) is 6.07 Å². The molecule has 1 aliphatic rings. The number of nitrogens with zero attached hydrogens (tertiary/aromatic N) is 2. The molecule has 1 aliphatic heterocycles. The Balaban J connectivity index is 1.63. The van der Waals surface area contributed by atoms with Crippen molar-refractivity contribution in [3.63, 3.8) is 0 Å². The van der Waals surface area contributed by atoms with Gasteiger partial charge in [-0.15, -0.1) is 0 Å². The Hall–Kier alpha value is -2.38. The molecule has 1 amide bonds. The summed E-state index contributed by atoms with van der Waals surface area (Å²) in [6.45, 7) is 5.28. The van der Waals surface area contributed by atoms with Crippen LogP contribution >= 0.6 is 0 Å². The number of nitrogens with one attached hydrogen (secondary N) is 1. The van der Waals surface area contributed by atoms with Gasteiger partial charge in [0.1, 0.15) is 0 Å². The van der Waals surface area contributed by atoms with Crippen LogP contribution in [0.1, 0.15) is 36.5 Å². The van der Waals surface area contributed by atoms with Crippen molar-refractivity contribution in [3.05, 3.63) is 60.2 Å². The number of amides is 1. The van der Waals surface area contributed by atoms with E-state index >= 15 is 0 Å². The molecule has 0 radical (unpaired) electrons. The zero-order valence-corrected chi connectivity index (χ0v) is 17.9. The maximum Gasteiger partial charge on any atom is 0.264 e. The number of carbonyl (C=O) groups excluding carboxylic acids is 1. The van der Waals surface area contributed by atoms with E-state index in [-0.39, 0.29) is 16.8 Å². The Morgan fingerprint density at radius 3 is 2.28 bits per heavy atom. The van der Waals surface area contributed by atoms with Gasteiger partial charge in [-0.3, -0.25) is 9.10 Å². The van der Waals surface area contributed by atoms with E-state index in [2.05, 4.69) is 17.1 Å². The van der Waals surface area contributed by atoms with Crippen LogP contribution in [0.25, 0.3) is 0 Å². The van der Waals surface area contributed by atoms with Gasteiger partial charge in [0.05, 0.1) is 10.6 Å². The number of piperidine rings is 1. The fourth-order valence-electron chi connectivity index (χ4n) is 3.60. The summed E-state index contributed by atoms with van der Waals surface area (Å²) in [7, 11) is -2.15. The van der Waals surface area contributed by atoms with Crippen molar-refractivity contribution >= 4 is 21.6 Å². The van der Waals surface area contributed by atoms with Gasteiger partial charge in [-0.25, -0.2) is 8.42 Å². The van der Waals surface area contributed by atoms with Gasteiger partial charge in [0.25, 0.3) is 15.9 Å². The monoisotopic (exact) mass is 415 g/mol. The molecule has 7 heteroatoms. The van der Waals surface area contributed by atoms with Crippen molar-refractivity contribution in [1.82, 2.24) is 10.2 Å². The SMILES string of the molecule is CCCN1CCC(NC(=O)c2ccc(S(=O)(=O)N(C)c3ccccc3)cc2)CC1. The van der Waals surface area contributed by atoms with E-state index in [4.69, 9.17) is 0 Å². The van der Waals surface area contributed by atoms with Gasteiger partial charge in [-0.05, 0) is 62.2 Å². The number of hydrogen-bond acceptors (Lipinski definition) is 4. The number of para-hydroxylation sites is 1. The molecule has 0 spiro atoms. The van der Waals surface area contributed by atoms with Crippen LogP contribution in [0.3, 0.4) is 0 Å². The summed E-state index contributed by atoms with van der Waals surface area (Å²) in [6.07, 6.45) is 3.03. The molecule has 0 aliphatic carbocycles. The number of likely N-dealkylation sites (tertiary alicyclic amines) is 1. The van der Waals surface area contributed by atoms with Gasteiger partial charge in [0, 0.05) is 31.7 Å². The number of rotatable bonds is 7. The van der Waals surface area contributed by atoms with Gasteiger partial charge in [-0.2, -0.15) is 0 Å². The second kappa shape index (κ2) is 9.41. The minimum absolute atomic E-state index is 0.153. The number of carbonyl (C=O) groups is 1. The molecule has 1 fully saturated rings. The van der Waals surface area contributed by atoms with Crippen LogP contribution in [0.2, 0.25) is 0 Å². The molecule has 2 aromatic rings. The third-order valence-electron chi connectivity index (χ3n) is 5.36. The minimum Gasteiger partial charge on any atom is -0.349 e. The predicted molar refractivity (Wildman–Crippen MR) is 116 cm³/mol. The second-order valence-corrected chi connectivity index (χ2v) is 9.39. The standard InChI is InChI=1S/C22H29N3O3S/c1-3-15-25-16-13-19(14-17-25)23-22(26)18-9-11-21(12-10-18)29(27,28)24(2)20-7-5-4-6-8-20/h4-12,19H,3,13-17H2,1-2H3,(H,23,26). The molecule has 1 N–H and O–H groups in total. The Labute approximate surface area is 173 Å². The van der Waals surface area contributed by atoms with Crippen LogP contribution in [0, 0.1) is 0 Å². The fraction of sp³-hybridized carbons (Fsp3) is 0.409. The van der Waals surface area contributed by atoms with E-state index in [1.54, 1.807) is 36.4 Å². The first-order valence-electron chi connectivity index (χ1n) is 10.1. The molecule has 156 valence electrons. The topological polar surface area (TPSA) is 69.7 Å². The number of anilines is 1. The first-order valence-corrected chi connectivity index (χ1v) is 11.5. The van der Waals surface area contributed by atoms with Crippen LogP contribution < -0.4 is 9.62 Å². The fourth-order valence-corrected chi connectivity index (χ4v) is 4.79. The summed E-state index contributed by atoms with van der Waals surface area (Å²) in [5.41, 5.74) is 1.06. The first kappa shape index (κ1) is 21.3. The molecule has 0 unspecified atom stereocenters. The minimum atomic E-state index is -3.68. The summed E-state index contributed by atoms with van der Waals surface area (Å²) in [6, 6.07) is 15.2. The normalized spacial score (nSPS) is 15.8. The Kier molecular flexibility index (Phi) is 6.92. The zero-order chi connectivity index (χ0) is 20.9. The van der Waals surface area contributed by atoms with Crippen molar-refractivity contribution in [2.24, 2.45) is 0 Å². The number of benzene rings is 2. The smallest absolute Gasteiger partial charge is 0.264 e. The molecule has 3 rings (SSSR count). The molecule has 0 aromatic heterocycles. The second-order valence-electron chi connectivity index (χ2n) is 7.42. The first-order chi connectivity index (χ1) is 13.9. The van der Waals surface area contributed by atoms with E-state index in [0.717, 1.165) is 38.9 Å². The molecule has 0 saturated carbocycles. The van der Waals surface area contributed by atoms with Crippen LogP contribution in [-0.2, 0) is 10.0 Å². The van der Waals surface area contributed by atoms with Crippen LogP contribution in [-0.4, -0.2) is 51.9 Å². The van der Waals surface area contributed by atoms with Gasteiger partial charge >= 0.3 is 0 Å². The van der Waals surface area contributed by atoms with E-state index in [9.17, 15) is 13.2 Å². The lowest BCUT2D eigenvalue weighted by molar-refractivity contribution is 0.0911. The van der Waals surface area contributed by atoms with Crippen LogP contribution in [0.4, 0.5) is 5.69 Å². The lowest BCUT2D eigenvalue weighted by atomic mass is 10.0. The highest BCUT2D eigenvalue weighted by Crippen LogP contribution is 2.22. The third-order valence-corrected chi connectivity index (χ3v) is 7.16. The molecule has 2 aromatic carbocycles. The summed E-state index contributed by atoms with van der Waals surface area (Å²) in [4.78, 5) is 15.1. The Morgan fingerprint density at radius 2 is 1.69 bits per heavy atom. The number of hydrogen-bond donors (Lipinski definition) is 1. The number of sulfonamides is 1. The average Bonchev–Trinajstić information content (AvgIpc) is 2.75. The molecule has 29 heavy (non-hydrogen) atoms. The summed E-state index contributed by atoms with van der Waals surface area (Å²) in [5.74, 6) is -0.153. The van der Waals surface area contributed by atoms with Crippen LogP contribution in [0.5, 0.6) is 0 Å². The lowest BCUT2D eigenvalue weighted by Crippen LogP contribution is -2.44. The van der Waals surface area contributed by atoms with Crippen molar-refractivity contribution in [1.29, 1.82) is 0 Å². The van der Waals surface area contributed by atoms with Gasteiger partial charge in [0.15, 0.2) is 0 Å². The van der Waals surface area contributed by atoms with Gasteiger partial charge in [-0.1, -0.05) is 25.1 Å². The summed E-state index contributed by atoms with van der Waals surface area (Å²) >= 11 is 0. The maximum atomic E-state index is 12.8. The third kappa shape index (κ3) is 5.16. The molecular formula is C22H29N3O3S. The van der Waals surface area contributed by atoms with Gasteiger partial charge < -0.3 is 10.2 Å². The molecule has 0 bridgehead atoms. The summed E-state index contributed by atoms with van der Waals surface area (Å²) < 4.78 is 26.9. The van der Waals surface area contributed by atoms with Crippen LogP contribution in [0.15, 0.2) is 59.5 Å². The van der Waals surface area contributed by atoms with Gasteiger partial charge in [0.2, 0.25) is 0 Å². The highest BCUT2D eigenvalue weighted by atomic mass is 32.2. The Morgan fingerprint density at radius 1 is 1.07 bits per heavy atom. The van der Waals surface area contributed by atoms with Crippen molar-refractivity contribution in [2.75, 3.05) is 31.0 Å². The van der Waals surface area contributed by atoms with Crippen molar-refractivity contribution in [3.8, 4) is 0 Å². The lowest BCUT2D eigenvalue weighted by Gasteiger charge is -2.32. The Bertz CT molecular complexity index is 906. The summed E-state index contributed by atoms with van der Waals surface area (Å²) in [5, 5.41) is 3.08. The van der Waals surface area contributed by atoms with E-state index in [0.29, 0.717) is 11.3 Å². The van der Waals surface area contributed by atoms with Crippen molar-refractivity contribution in [2.45, 2.75) is 37.1 Å². The largest absolute Gasteiger partial charge is 0.349 e. The molecule has 6 nitrogen and oxygen atoms in total. The van der Waals surface area contributed by atoms with Crippen molar-refractivity contribution < 1.29 is 13.2 Å². The van der Waals surface area contributed by atoms with E-state index < -0.39 is 10.0 Å². The quantitative estimate of drug-likeness (QED) is 0.754. The molecule has 1 heterocycles. The molecular weight excluding hydrogens is 386 g/mol.